The van der Waals surface area contributed by atoms with Crippen LogP contribution in [0.2, 0.25) is 0 Å². The van der Waals surface area contributed by atoms with Gasteiger partial charge in [-0.05, 0) is 50.2 Å². The molecular formula is C23H31N5O3. The highest BCUT2D eigenvalue weighted by molar-refractivity contribution is 5.98. The highest BCUT2D eigenvalue weighted by Crippen LogP contribution is 2.24. The molecule has 1 fully saturated rings. The van der Waals surface area contributed by atoms with E-state index in [-0.39, 0.29) is 18.4 Å². The predicted octanol–water partition coefficient (Wildman–Crippen LogP) is 1.93. The lowest BCUT2D eigenvalue weighted by Crippen LogP contribution is -2.49. The first-order chi connectivity index (χ1) is 15.1. The van der Waals surface area contributed by atoms with E-state index in [1.807, 2.05) is 24.0 Å². The van der Waals surface area contributed by atoms with E-state index < -0.39 is 0 Å². The van der Waals surface area contributed by atoms with Crippen LogP contribution in [-0.4, -0.2) is 84.1 Å². The lowest BCUT2D eigenvalue weighted by Gasteiger charge is -2.36. The summed E-state index contributed by atoms with van der Waals surface area (Å²) in [5.41, 5.74) is 2.09. The number of hydrogen-bond donors (Lipinski definition) is 2. The van der Waals surface area contributed by atoms with Gasteiger partial charge in [-0.1, -0.05) is 0 Å². The number of nitrogens with zero attached hydrogens (tertiary/aromatic N) is 4. The van der Waals surface area contributed by atoms with Crippen molar-refractivity contribution in [3.63, 3.8) is 0 Å². The molecule has 2 heterocycles. The van der Waals surface area contributed by atoms with Crippen molar-refractivity contribution < 1.29 is 14.7 Å². The number of pyridine rings is 1. The summed E-state index contributed by atoms with van der Waals surface area (Å²) < 4.78 is 0. The van der Waals surface area contributed by atoms with Crippen molar-refractivity contribution >= 4 is 23.3 Å². The molecule has 0 bridgehead atoms. The standard InChI is InChI=1S/C23H31N5O3/c1-3-24-20-6-5-11-25-21(20)27-12-14-28(15-13-27)23(31)19-9-7-18(8-10-19)22(30)26(4-2)16-17-29/h5-11,24,29H,3-4,12-17H2,1-2H3. The van der Waals surface area contributed by atoms with E-state index in [2.05, 4.69) is 22.1 Å². The zero-order chi connectivity index (χ0) is 22.2. The average molecular weight is 426 g/mol. The minimum absolute atomic E-state index is 0.0331. The van der Waals surface area contributed by atoms with Crippen molar-refractivity contribution in [3.05, 3.63) is 53.7 Å². The van der Waals surface area contributed by atoms with Crippen molar-refractivity contribution in [3.8, 4) is 0 Å². The van der Waals surface area contributed by atoms with Crippen molar-refractivity contribution in [1.29, 1.82) is 0 Å². The molecule has 1 aliphatic heterocycles. The number of nitrogens with one attached hydrogen (secondary N) is 1. The summed E-state index contributed by atoms with van der Waals surface area (Å²) in [6.07, 6.45) is 1.79. The summed E-state index contributed by atoms with van der Waals surface area (Å²) in [5.74, 6) is 0.743. The van der Waals surface area contributed by atoms with Gasteiger partial charge in [0.2, 0.25) is 0 Å². The third kappa shape index (κ3) is 5.32. The van der Waals surface area contributed by atoms with Crippen LogP contribution in [0, 0.1) is 0 Å². The number of amides is 2. The molecule has 31 heavy (non-hydrogen) atoms. The van der Waals surface area contributed by atoms with Gasteiger partial charge in [0.25, 0.3) is 11.8 Å². The Morgan fingerprint density at radius 1 is 1.06 bits per heavy atom. The maximum absolute atomic E-state index is 12.9. The summed E-state index contributed by atoms with van der Waals surface area (Å²) >= 11 is 0. The molecule has 8 nitrogen and oxygen atoms in total. The fourth-order valence-corrected chi connectivity index (χ4v) is 3.74. The number of rotatable bonds is 8. The number of carbonyl (C=O) groups excluding carboxylic acids is 2. The molecule has 0 atom stereocenters. The molecule has 0 aliphatic carbocycles. The SMILES string of the molecule is CCNc1cccnc1N1CCN(C(=O)c2ccc(C(=O)N(CC)CCO)cc2)CC1. The van der Waals surface area contributed by atoms with E-state index in [1.54, 1.807) is 35.4 Å². The third-order valence-electron chi connectivity index (χ3n) is 5.44. The Hall–Kier alpha value is -3.13. The van der Waals surface area contributed by atoms with Crippen LogP contribution in [-0.2, 0) is 0 Å². The number of hydrogen-bond acceptors (Lipinski definition) is 6. The van der Waals surface area contributed by atoms with Crippen molar-refractivity contribution in [2.45, 2.75) is 13.8 Å². The summed E-state index contributed by atoms with van der Waals surface area (Å²) in [5, 5.41) is 12.4. The van der Waals surface area contributed by atoms with Gasteiger partial charge in [-0.3, -0.25) is 9.59 Å². The monoisotopic (exact) mass is 425 g/mol. The largest absolute Gasteiger partial charge is 0.395 e. The lowest BCUT2D eigenvalue weighted by atomic mass is 10.1. The van der Waals surface area contributed by atoms with Crippen LogP contribution in [0.25, 0.3) is 0 Å². The van der Waals surface area contributed by atoms with Gasteiger partial charge in [-0.15, -0.1) is 0 Å². The number of anilines is 2. The first kappa shape index (κ1) is 22.6. The Bertz CT molecular complexity index is 879. The molecule has 166 valence electrons. The normalized spacial score (nSPS) is 13.8. The first-order valence-corrected chi connectivity index (χ1v) is 10.8. The molecule has 2 N–H and O–H groups in total. The Morgan fingerprint density at radius 2 is 1.74 bits per heavy atom. The molecular weight excluding hydrogens is 394 g/mol. The molecule has 8 heteroatoms. The van der Waals surface area contributed by atoms with Crippen LogP contribution in [0.15, 0.2) is 42.6 Å². The van der Waals surface area contributed by atoms with Gasteiger partial charge in [0.1, 0.15) is 0 Å². The van der Waals surface area contributed by atoms with Crippen LogP contribution in [0.1, 0.15) is 34.6 Å². The van der Waals surface area contributed by atoms with Gasteiger partial charge in [0, 0.05) is 63.1 Å². The van der Waals surface area contributed by atoms with Gasteiger partial charge >= 0.3 is 0 Å². The molecule has 1 aromatic carbocycles. The maximum Gasteiger partial charge on any atom is 0.253 e. The average Bonchev–Trinajstić information content (AvgIpc) is 2.82. The quantitative estimate of drug-likeness (QED) is 0.672. The topological polar surface area (TPSA) is 89.0 Å². The van der Waals surface area contributed by atoms with E-state index >= 15 is 0 Å². The van der Waals surface area contributed by atoms with Crippen LogP contribution in [0.5, 0.6) is 0 Å². The number of likely N-dealkylation sites (N-methyl/N-ethyl adjacent to an activating group) is 1. The highest BCUT2D eigenvalue weighted by atomic mass is 16.3. The summed E-state index contributed by atoms with van der Waals surface area (Å²) in [7, 11) is 0. The minimum atomic E-state index is -0.143. The first-order valence-electron chi connectivity index (χ1n) is 10.8. The van der Waals surface area contributed by atoms with Gasteiger partial charge < -0.3 is 25.1 Å². The van der Waals surface area contributed by atoms with Crippen molar-refractivity contribution in [2.75, 3.05) is 62.6 Å². The second-order valence-corrected chi connectivity index (χ2v) is 7.37. The molecule has 0 radical (unpaired) electrons. The summed E-state index contributed by atoms with van der Waals surface area (Å²) in [4.78, 5) is 35.6. The number of benzene rings is 1. The van der Waals surface area contributed by atoms with Gasteiger partial charge in [-0.2, -0.15) is 0 Å². The number of piperazine rings is 1. The van der Waals surface area contributed by atoms with E-state index in [4.69, 9.17) is 5.11 Å². The molecule has 0 unspecified atom stereocenters. The second kappa shape index (κ2) is 10.8. The number of aliphatic hydroxyl groups excluding tert-OH is 1. The van der Waals surface area contributed by atoms with Gasteiger partial charge in [0.05, 0.1) is 12.3 Å². The molecule has 1 aromatic heterocycles. The highest BCUT2D eigenvalue weighted by Gasteiger charge is 2.24. The molecule has 2 amide bonds. The smallest absolute Gasteiger partial charge is 0.253 e. The summed E-state index contributed by atoms with van der Waals surface area (Å²) in [6, 6.07) is 10.7. The number of aliphatic hydroxyl groups is 1. The summed E-state index contributed by atoms with van der Waals surface area (Å²) in [6.45, 7) is 8.15. The third-order valence-corrected chi connectivity index (χ3v) is 5.44. The van der Waals surface area contributed by atoms with E-state index in [1.165, 1.54) is 0 Å². The fourth-order valence-electron chi connectivity index (χ4n) is 3.74. The van der Waals surface area contributed by atoms with Gasteiger partial charge in [-0.25, -0.2) is 4.98 Å². The molecule has 2 aromatic rings. The van der Waals surface area contributed by atoms with E-state index in [9.17, 15) is 9.59 Å². The van der Waals surface area contributed by atoms with Crippen molar-refractivity contribution in [2.24, 2.45) is 0 Å². The van der Waals surface area contributed by atoms with Gasteiger partial charge in [0.15, 0.2) is 5.82 Å². The molecule has 0 spiro atoms. The van der Waals surface area contributed by atoms with E-state index in [0.29, 0.717) is 50.4 Å². The zero-order valence-electron chi connectivity index (χ0n) is 18.3. The predicted molar refractivity (Wildman–Crippen MR) is 122 cm³/mol. The number of aromatic nitrogens is 1. The Labute approximate surface area is 183 Å². The second-order valence-electron chi connectivity index (χ2n) is 7.37. The minimum Gasteiger partial charge on any atom is -0.395 e. The van der Waals surface area contributed by atoms with Crippen LogP contribution in [0.4, 0.5) is 11.5 Å². The van der Waals surface area contributed by atoms with Crippen LogP contribution < -0.4 is 10.2 Å². The molecule has 1 saturated heterocycles. The Balaban J connectivity index is 1.61. The molecule has 3 rings (SSSR count). The fraction of sp³-hybridized carbons (Fsp3) is 0.435. The number of carbonyl (C=O) groups is 2. The maximum atomic E-state index is 12.9. The van der Waals surface area contributed by atoms with Crippen LogP contribution in [0.3, 0.4) is 0 Å². The van der Waals surface area contributed by atoms with E-state index in [0.717, 1.165) is 18.1 Å². The lowest BCUT2D eigenvalue weighted by molar-refractivity contribution is 0.0726. The van der Waals surface area contributed by atoms with Crippen LogP contribution >= 0.6 is 0 Å². The Morgan fingerprint density at radius 3 is 2.35 bits per heavy atom. The Kier molecular flexibility index (Phi) is 7.83. The molecule has 0 saturated carbocycles. The molecule has 1 aliphatic rings. The van der Waals surface area contributed by atoms with Crippen molar-refractivity contribution in [1.82, 2.24) is 14.8 Å². The zero-order valence-corrected chi connectivity index (χ0v) is 18.3.